The summed E-state index contributed by atoms with van der Waals surface area (Å²) in [6.07, 6.45) is 7.08. The summed E-state index contributed by atoms with van der Waals surface area (Å²) < 4.78 is 6.05. The van der Waals surface area contributed by atoms with E-state index in [4.69, 9.17) is 10.5 Å². The number of carbonyl (C=O) groups excluding carboxylic acids is 2. The third-order valence-electron chi connectivity index (χ3n) is 5.29. The minimum atomic E-state index is -0.404. The molecule has 6 nitrogen and oxygen atoms in total. The summed E-state index contributed by atoms with van der Waals surface area (Å²) in [6, 6.07) is 7.70. The monoisotopic (exact) mass is 359 g/mol. The molecule has 0 aromatic heterocycles. The second-order valence-corrected chi connectivity index (χ2v) is 7.23. The van der Waals surface area contributed by atoms with Crippen LogP contribution in [0.2, 0.25) is 0 Å². The predicted octanol–water partition coefficient (Wildman–Crippen LogP) is 2.55. The van der Waals surface area contributed by atoms with Crippen molar-refractivity contribution in [3.8, 4) is 5.75 Å². The molecule has 3 rings (SSSR count). The molecule has 1 aliphatic carbocycles. The number of urea groups is 1. The van der Waals surface area contributed by atoms with Crippen LogP contribution in [0.5, 0.6) is 5.75 Å². The number of hydrogen-bond donors (Lipinski definition) is 1. The lowest BCUT2D eigenvalue weighted by Crippen LogP contribution is -2.39. The Hall–Kier alpha value is -2.24. The second-order valence-electron chi connectivity index (χ2n) is 7.23. The van der Waals surface area contributed by atoms with Gasteiger partial charge in [0.1, 0.15) is 5.75 Å². The number of aryl methyl sites for hydroxylation is 1. The lowest BCUT2D eigenvalue weighted by atomic mass is 10.1. The van der Waals surface area contributed by atoms with Gasteiger partial charge in [0.15, 0.2) is 0 Å². The molecule has 2 aliphatic rings. The molecule has 0 bridgehead atoms. The van der Waals surface area contributed by atoms with Crippen LogP contribution in [-0.2, 0) is 11.2 Å². The van der Waals surface area contributed by atoms with Crippen LogP contribution < -0.4 is 10.5 Å². The van der Waals surface area contributed by atoms with Gasteiger partial charge >= 0.3 is 6.03 Å². The van der Waals surface area contributed by atoms with E-state index in [1.54, 1.807) is 4.90 Å². The fraction of sp³-hybridized carbons (Fsp3) is 0.600. The van der Waals surface area contributed by atoms with E-state index in [2.05, 4.69) is 6.07 Å². The van der Waals surface area contributed by atoms with Gasteiger partial charge in [-0.2, -0.15) is 0 Å². The molecule has 142 valence electrons. The zero-order valence-electron chi connectivity index (χ0n) is 15.4. The molecule has 1 aromatic rings. The van der Waals surface area contributed by atoms with Crippen LogP contribution in [0.3, 0.4) is 0 Å². The van der Waals surface area contributed by atoms with Gasteiger partial charge in [0.05, 0.1) is 6.10 Å². The molecule has 1 saturated heterocycles. The van der Waals surface area contributed by atoms with Crippen LogP contribution in [-0.4, -0.2) is 54.0 Å². The van der Waals surface area contributed by atoms with Gasteiger partial charge in [-0.25, -0.2) is 4.79 Å². The third kappa shape index (κ3) is 5.13. The van der Waals surface area contributed by atoms with Crippen molar-refractivity contribution in [1.29, 1.82) is 0 Å². The zero-order chi connectivity index (χ0) is 18.4. The van der Waals surface area contributed by atoms with Crippen molar-refractivity contribution < 1.29 is 14.3 Å². The molecular weight excluding hydrogens is 330 g/mol. The van der Waals surface area contributed by atoms with E-state index in [0.29, 0.717) is 45.1 Å². The highest BCUT2D eigenvalue weighted by atomic mass is 16.5. The highest BCUT2D eigenvalue weighted by molar-refractivity contribution is 5.77. The molecule has 3 amide bonds. The smallest absolute Gasteiger partial charge is 0.314 e. The first-order valence-electron chi connectivity index (χ1n) is 9.69. The molecule has 1 heterocycles. The third-order valence-corrected chi connectivity index (χ3v) is 5.29. The normalized spacial score (nSPS) is 18.6. The molecular formula is C20H29N3O3. The van der Waals surface area contributed by atoms with Crippen LogP contribution in [0.15, 0.2) is 24.3 Å². The lowest BCUT2D eigenvalue weighted by Gasteiger charge is -2.21. The molecule has 2 fully saturated rings. The Morgan fingerprint density at radius 1 is 1.04 bits per heavy atom. The first-order valence-corrected chi connectivity index (χ1v) is 9.69. The molecule has 2 N–H and O–H groups in total. The number of nitrogens with two attached hydrogens (primary N) is 1. The second kappa shape index (κ2) is 8.92. The van der Waals surface area contributed by atoms with Crippen molar-refractivity contribution in [3.05, 3.63) is 29.8 Å². The van der Waals surface area contributed by atoms with Gasteiger partial charge in [0, 0.05) is 32.6 Å². The molecule has 1 aliphatic heterocycles. The summed E-state index contributed by atoms with van der Waals surface area (Å²) in [4.78, 5) is 27.3. The van der Waals surface area contributed by atoms with E-state index < -0.39 is 6.03 Å². The predicted molar refractivity (Wildman–Crippen MR) is 100 cm³/mol. The molecule has 1 saturated carbocycles. The number of hydrogen-bond acceptors (Lipinski definition) is 3. The summed E-state index contributed by atoms with van der Waals surface area (Å²) in [5, 5.41) is 0. The number of amides is 3. The van der Waals surface area contributed by atoms with Crippen LogP contribution in [0, 0.1) is 0 Å². The maximum atomic E-state index is 12.5. The highest BCUT2D eigenvalue weighted by Crippen LogP contribution is 2.25. The number of benzene rings is 1. The van der Waals surface area contributed by atoms with Crippen LogP contribution in [0.4, 0.5) is 4.79 Å². The minimum absolute atomic E-state index is 0.137. The van der Waals surface area contributed by atoms with E-state index >= 15 is 0 Å². The number of carbonyl (C=O) groups is 2. The molecule has 6 heteroatoms. The lowest BCUT2D eigenvalue weighted by molar-refractivity contribution is -0.131. The quantitative estimate of drug-likeness (QED) is 0.878. The minimum Gasteiger partial charge on any atom is -0.490 e. The van der Waals surface area contributed by atoms with Crippen LogP contribution in [0.25, 0.3) is 0 Å². The first-order chi connectivity index (χ1) is 12.6. The van der Waals surface area contributed by atoms with E-state index in [1.807, 2.05) is 23.1 Å². The fourth-order valence-electron chi connectivity index (χ4n) is 3.77. The average Bonchev–Trinajstić information content (AvgIpc) is 3.00. The zero-order valence-corrected chi connectivity index (χ0v) is 15.4. The Balaban J connectivity index is 1.48. The van der Waals surface area contributed by atoms with Crippen molar-refractivity contribution >= 4 is 11.9 Å². The van der Waals surface area contributed by atoms with E-state index in [9.17, 15) is 9.59 Å². The Morgan fingerprint density at radius 2 is 1.77 bits per heavy atom. The summed E-state index contributed by atoms with van der Waals surface area (Å²) in [7, 11) is 0. The standard InChI is InChI=1S/C20H29N3O3/c21-20(25)23-12-4-11-22(13-14-23)19(24)10-9-16-5-3-8-18(15-16)26-17-6-1-2-7-17/h3,5,8,15,17H,1-2,4,6-7,9-14H2,(H2,21,25). The van der Waals surface area contributed by atoms with E-state index in [0.717, 1.165) is 30.6 Å². The molecule has 0 unspecified atom stereocenters. The number of rotatable bonds is 5. The Morgan fingerprint density at radius 3 is 2.54 bits per heavy atom. The van der Waals surface area contributed by atoms with Crippen molar-refractivity contribution in [2.24, 2.45) is 5.73 Å². The van der Waals surface area contributed by atoms with E-state index in [-0.39, 0.29) is 5.91 Å². The number of nitrogens with zero attached hydrogens (tertiary/aromatic N) is 2. The molecule has 26 heavy (non-hydrogen) atoms. The van der Waals surface area contributed by atoms with Crippen LogP contribution in [0.1, 0.15) is 44.1 Å². The van der Waals surface area contributed by atoms with Gasteiger partial charge in [-0.15, -0.1) is 0 Å². The molecule has 0 spiro atoms. The highest BCUT2D eigenvalue weighted by Gasteiger charge is 2.20. The molecule has 0 atom stereocenters. The summed E-state index contributed by atoms with van der Waals surface area (Å²) in [5.74, 6) is 1.05. The molecule has 0 radical (unpaired) electrons. The number of ether oxygens (including phenoxy) is 1. The SMILES string of the molecule is NC(=O)N1CCCN(C(=O)CCc2cccc(OC3CCCC3)c2)CC1. The van der Waals surface area contributed by atoms with Gasteiger partial charge in [0.2, 0.25) is 5.91 Å². The van der Waals surface area contributed by atoms with E-state index in [1.165, 1.54) is 12.8 Å². The van der Waals surface area contributed by atoms with Gasteiger partial charge in [-0.1, -0.05) is 12.1 Å². The maximum absolute atomic E-state index is 12.5. The van der Waals surface area contributed by atoms with Crippen molar-refractivity contribution in [2.45, 2.75) is 51.0 Å². The Bertz CT molecular complexity index is 628. The van der Waals surface area contributed by atoms with Crippen molar-refractivity contribution in [3.63, 3.8) is 0 Å². The van der Waals surface area contributed by atoms with Gasteiger partial charge in [0.25, 0.3) is 0 Å². The molecule has 1 aromatic carbocycles. The largest absolute Gasteiger partial charge is 0.490 e. The van der Waals surface area contributed by atoms with Gasteiger partial charge < -0.3 is 20.3 Å². The first kappa shape index (κ1) is 18.5. The Labute approximate surface area is 155 Å². The van der Waals surface area contributed by atoms with Gasteiger partial charge in [-0.05, 0) is 56.2 Å². The topological polar surface area (TPSA) is 75.9 Å². The van der Waals surface area contributed by atoms with Crippen molar-refractivity contribution in [1.82, 2.24) is 9.80 Å². The fourth-order valence-corrected chi connectivity index (χ4v) is 3.77. The average molecular weight is 359 g/mol. The number of primary amides is 1. The maximum Gasteiger partial charge on any atom is 0.314 e. The summed E-state index contributed by atoms with van der Waals surface area (Å²) in [5.41, 5.74) is 6.46. The van der Waals surface area contributed by atoms with Crippen LogP contribution >= 0.6 is 0 Å². The van der Waals surface area contributed by atoms with Crippen molar-refractivity contribution in [2.75, 3.05) is 26.2 Å². The summed E-state index contributed by atoms with van der Waals surface area (Å²) in [6.45, 7) is 2.39. The Kier molecular flexibility index (Phi) is 6.36. The summed E-state index contributed by atoms with van der Waals surface area (Å²) >= 11 is 0. The van der Waals surface area contributed by atoms with Gasteiger partial charge in [-0.3, -0.25) is 4.79 Å².